The molecule has 1 unspecified atom stereocenters. The number of halogens is 2. The first kappa shape index (κ1) is 14.1. The van der Waals surface area contributed by atoms with Crippen LogP contribution in [0.15, 0.2) is 46.9 Å². The van der Waals surface area contributed by atoms with Gasteiger partial charge in [-0.25, -0.2) is 4.39 Å². The summed E-state index contributed by atoms with van der Waals surface area (Å²) in [6.45, 7) is 2.02. The largest absolute Gasteiger partial charge is 0.459 e. The van der Waals surface area contributed by atoms with Crippen molar-refractivity contribution >= 4 is 22.6 Å². The minimum atomic E-state index is -0.425. The van der Waals surface area contributed by atoms with Crippen molar-refractivity contribution in [3.63, 3.8) is 0 Å². The van der Waals surface area contributed by atoms with E-state index >= 15 is 0 Å². The fraction of sp³-hybridized carbons (Fsp3) is 0.176. The second-order valence-corrected chi connectivity index (χ2v) is 5.45. The minimum Gasteiger partial charge on any atom is -0.459 e. The highest BCUT2D eigenvalue weighted by Crippen LogP contribution is 2.33. The highest BCUT2D eigenvalue weighted by atomic mass is 35.5. The first-order valence-electron chi connectivity index (χ1n) is 6.71. The molecule has 1 atom stereocenters. The molecule has 0 radical (unpaired) electrons. The number of furan rings is 1. The standard InChI is InChI=1S/C17H15ClFNO/c1-10-6-7-14-11(8-10)9-15(21-14)17(20-2)16-12(18)4-3-5-13(16)19/h3-9,17,20H,1-2H3. The van der Waals surface area contributed by atoms with Crippen molar-refractivity contribution in [2.24, 2.45) is 0 Å². The normalized spacial score (nSPS) is 12.8. The van der Waals surface area contributed by atoms with E-state index in [4.69, 9.17) is 16.0 Å². The number of hydrogen-bond donors (Lipinski definition) is 1. The van der Waals surface area contributed by atoms with Crippen LogP contribution in [0.2, 0.25) is 5.02 Å². The predicted molar refractivity (Wildman–Crippen MR) is 83.3 cm³/mol. The molecule has 0 aliphatic rings. The fourth-order valence-electron chi connectivity index (χ4n) is 2.54. The second-order valence-electron chi connectivity index (χ2n) is 5.05. The van der Waals surface area contributed by atoms with E-state index in [-0.39, 0.29) is 5.82 Å². The van der Waals surface area contributed by atoms with E-state index in [2.05, 4.69) is 5.32 Å². The molecule has 3 rings (SSSR count). The number of hydrogen-bond acceptors (Lipinski definition) is 2. The van der Waals surface area contributed by atoms with Crippen LogP contribution in [0.1, 0.15) is 22.9 Å². The number of benzene rings is 2. The van der Waals surface area contributed by atoms with Crippen molar-refractivity contribution in [1.29, 1.82) is 0 Å². The summed E-state index contributed by atoms with van der Waals surface area (Å²) < 4.78 is 20.0. The van der Waals surface area contributed by atoms with Gasteiger partial charge in [-0.1, -0.05) is 29.3 Å². The number of aryl methyl sites for hydroxylation is 1. The molecule has 0 amide bonds. The van der Waals surface area contributed by atoms with E-state index in [0.717, 1.165) is 16.5 Å². The summed E-state index contributed by atoms with van der Waals surface area (Å²) in [6, 6.07) is 12.1. The molecule has 108 valence electrons. The number of fused-ring (bicyclic) bond motifs is 1. The molecule has 1 heterocycles. The third kappa shape index (κ3) is 2.55. The summed E-state index contributed by atoms with van der Waals surface area (Å²) >= 11 is 6.16. The Morgan fingerprint density at radius 2 is 2.00 bits per heavy atom. The van der Waals surface area contributed by atoms with Crippen molar-refractivity contribution in [1.82, 2.24) is 5.32 Å². The lowest BCUT2D eigenvalue weighted by molar-refractivity contribution is 0.476. The summed E-state index contributed by atoms with van der Waals surface area (Å²) in [4.78, 5) is 0. The van der Waals surface area contributed by atoms with Crippen molar-refractivity contribution in [2.75, 3.05) is 7.05 Å². The molecule has 1 aromatic heterocycles. The van der Waals surface area contributed by atoms with Crippen LogP contribution < -0.4 is 5.32 Å². The lowest BCUT2D eigenvalue weighted by Gasteiger charge is -2.16. The van der Waals surface area contributed by atoms with E-state index in [0.29, 0.717) is 16.3 Å². The molecule has 2 aromatic carbocycles. The quantitative estimate of drug-likeness (QED) is 0.749. The van der Waals surface area contributed by atoms with Gasteiger partial charge in [-0.05, 0) is 44.3 Å². The maximum Gasteiger partial charge on any atom is 0.134 e. The Bertz CT molecular complexity index is 776. The van der Waals surface area contributed by atoms with Crippen molar-refractivity contribution < 1.29 is 8.81 Å². The molecule has 0 aliphatic heterocycles. The van der Waals surface area contributed by atoms with Crippen LogP contribution >= 0.6 is 11.6 Å². The van der Waals surface area contributed by atoms with Crippen LogP contribution in [0.5, 0.6) is 0 Å². The van der Waals surface area contributed by atoms with Gasteiger partial charge in [0.05, 0.1) is 6.04 Å². The van der Waals surface area contributed by atoms with Gasteiger partial charge in [0.2, 0.25) is 0 Å². The molecule has 0 bridgehead atoms. The zero-order chi connectivity index (χ0) is 15.0. The van der Waals surface area contributed by atoms with Gasteiger partial charge in [0.25, 0.3) is 0 Å². The SMILES string of the molecule is CNC(c1cc2cc(C)ccc2o1)c1c(F)cccc1Cl. The third-order valence-corrected chi connectivity index (χ3v) is 3.88. The van der Waals surface area contributed by atoms with Gasteiger partial charge < -0.3 is 9.73 Å². The summed E-state index contributed by atoms with van der Waals surface area (Å²) in [7, 11) is 1.76. The fourth-order valence-corrected chi connectivity index (χ4v) is 2.81. The molecular formula is C17H15ClFNO. The molecule has 0 spiro atoms. The van der Waals surface area contributed by atoms with Crippen LogP contribution in [0.25, 0.3) is 11.0 Å². The Hall–Kier alpha value is -1.84. The van der Waals surface area contributed by atoms with Crippen LogP contribution in [0, 0.1) is 12.7 Å². The zero-order valence-electron chi connectivity index (χ0n) is 11.8. The van der Waals surface area contributed by atoms with Crippen LogP contribution in [-0.2, 0) is 0 Å². The molecule has 2 nitrogen and oxygen atoms in total. The Balaban J connectivity index is 2.14. The first-order chi connectivity index (χ1) is 10.1. The highest BCUT2D eigenvalue weighted by molar-refractivity contribution is 6.31. The molecule has 3 aromatic rings. The van der Waals surface area contributed by atoms with Crippen LogP contribution in [-0.4, -0.2) is 7.05 Å². The molecule has 0 saturated carbocycles. The molecule has 0 saturated heterocycles. The Morgan fingerprint density at radius 3 is 2.71 bits per heavy atom. The number of nitrogens with one attached hydrogen (secondary N) is 1. The van der Waals surface area contributed by atoms with Crippen molar-refractivity contribution in [2.45, 2.75) is 13.0 Å². The molecule has 1 N–H and O–H groups in total. The molecule has 0 aliphatic carbocycles. The van der Waals surface area contributed by atoms with Crippen molar-refractivity contribution in [3.05, 3.63) is 70.2 Å². The average molecular weight is 304 g/mol. The summed E-state index contributed by atoms with van der Waals surface area (Å²) in [5.41, 5.74) is 2.33. The summed E-state index contributed by atoms with van der Waals surface area (Å²) in [5, 5.41) is 4.45. The minimum absolute atomic E-state index is 0.349. The summed E-state index contributed by atoms with van der Waals surface area (Å²) in [5.74, 6) is 0.295. The van der Waals surface area contributed by atoms with Gasteiger partial charge in [-0.2, -0.15) is 0 Å². The smallest absolute Gasteiger partial charge is 0.134 e. The van der Waals surface area contributed by atoms with Crippen LogP contribution in [0.4, 0.5) is 4.39 Å². The second kappa shape index (κ2) is 5.51. The molecular weight excluding hydrogens is 289 g/mol. The molecule has 21 heavy (non-hydrogen) atoms. The lowest BCUT2D eigenvalue weighted by atomic mass is 10.0. The topological polar surface area (TPSA) is 25.2 Å². The van der Waals surface area contributed by atoms with Gasteiger partial charge in [0.1, 0.15) is 17.2 Å². The highest BCUT2D eigenvalue weighted by Gasteiger charge is 2.22. The first-order valence-corrected chi connectivity index (χ1v) is 7.09. The van der Waals surface area contributed by atoms with E-state index < -0.39 is 6.04 Å². The van der Waals surface area contributed by atoms with Gasteiger partial charge in [0, 0.05) is 16.0 Å². The van der Waals surface area contributed by atoms with Gasteiger partial charge in [-0.3, -0.25) is 0 Å². The zero-order valence-corrected chi connectivity index (χ0v) is 12.5. The third-order valence-electron chi connectivity index (χ3n) is 3.55. The monoisotopic (exact) mass is 303 g/mol. The van der Waals surface area contributed by atoms with E-state index in [1.807, 2.05) is 31.2 Å². The van der Waals surface area contributed by atoms with E-state index in [9.17, 15) is 4.39 Å². The van der Waals surface area contributed by atoms with E-state index in [1.54, 1.807) is 19.2 Å². The maximum absolute atomic E-state index is 14.1. The summed E-state index contributed by atoms with van der Waals surface area (Å²) in [6.07, 6.45) is 0. The Morgan fingerprint density at radius 1 is 1.19 bits per heavy atom. The van der Waals surface area contributed by atoms with E-state index in [1.165, 1.54) is 6.07 Å². The van der Waals surface area contributed by atoms with Crippen LogP contribution in [0.3, 0.4) is 0 Å². The van der Waals surface area contributed by atoms with Gasteiger partial charge in [0.15, 0.2) is 0 Å². The van der Waals surface area contributed by atoms with Crippen molar-refractivity contribution in [3.8, 4) is 0 Å². The Kier molecular flexibility index (Phi) is 3.70. The molecule has 4 heteroatoms. The molecule has 0 fully saturated rings. The Labute approximate surface area is 127 Å². The lowest BCUT2D eigenvalue weighted by Crippen LogP contribution is -2.18. The maximum atomic E-state index is 14.1. The van der Waals surface area contributed by atoms with Gasteiger partial charge >= 0.3 is 0 Å². The average Bonchev–Trinajstić information content (AvgIpc) is 2.85. The predicted octanol–water partition coefficient (Wildman–Crippen LogP) is 4.84. The van der Waals surface area contributed by atoms with Gasteiger partial charge in [-0.15, -0.1) is 0 Å². The number of rotatable bonds is 3.